The van der Waals surface area contributed by atoms with E-state index in [0.29, 0.717) is 6.61 Å². The molecule has 31 heavy (non-hydrogen) atoms. The fourth-order valence-corrected chi connectivity index (χ4v) is 3.89. The first-order chi connectivity index (χ1) is 15.2. The Morgan fingerprint density at radius 2 is 1.13 bits per heavy atom. The van der Waals surface area contributed by atoms with Crippen LogP contribution in [0.2, 0.25) is 0 Å². The molecule has 0 saturated carbocycles. The van der Waals surface area contributed by atoms with Crippen LogP contribution >= 0.6 is 0 Å². The number of aryl methyl sites for hydroxylation is 1. The van der Waals surface area contributed by atoms with E-state index in [0.717, 1.165) is 38.0 Å². The van der Waals surface area contributed by atoms with Crippen molar-refractivity contribution in [3.63, 3.8) is 0 Å². The lowest BCUT2D eigenvalue weighted by Gasteiger charge is -2.08. The number of esters is 1. The zero-order valence-electron chi connectivity index (χ0n) is 20.5. The number of ether oxygens (including phenoxy) is 2. The summed E-state index contributed by atoms with van der Waals surface area (Å²) in [5.74, 6) is 0.777. The van der Waals surface area contributed by atoms with E-state index in [2.05, 4.69) is 31.2 Å². The predicted octanol–water partition coefficient (Wildman–Crippen LogP) is 8.43. The van der Waals surface area contributed by atoms with Gasteiger partial charge in [-0.15, -0.1) is 0 Å². The Morgan fingerprint density at radius 1 is 0.645 bits per heavy atom. The number of carbonyl (C=O) groups excluding carboxylic acids is 1. The van der Waals surface area contributed by atoms with Gasteiger partial charge in [-0.3, -0.25) is 4.79 Å². The van der Waals surface area contributed by atoms with Crippen LogP contribution in [0.4, 0.5) is 0 Å². The maximum absolute atomic E-state index is 10.7. The van der Waals surface area contributed by atoms with Crippen molar-refractivity contribution in [2.45, 2.75) is 123 Å². The second-order valence-corrected chi connectivity index (χ2v) is 8.89. The summed E-state index contributed by atoms with van der Waals surface area (Å²) in [5, 5.41) is 0. The minimum atomic E-state index is -0.194. The third-order valence-electron chi connectivity index (χ3n) is 5.86. The van der Waals surface area contributed by atoms with Crippen LogP contribution in [-0.4, -0.2) is 19.2 Å². The van der Waals surface area contributed by atoms with Crippen molar-refractivity contribution in [3.8, 4) is 5.75 Å². The van der Waals surface area contributed by atoms with Gasteiger partial charge in [0.25, 0.3) is 0 Å². The number of hydrogen-bond acceptors (Lipinski definition) is 3. The lowest BCUT2D eigenvalue weighted by atomic mass is 10.0. The van der Waals surface area contributed by atoms with Crippen LogP contribution < -0.4 is 4.74 Å². The van der Waals surface area contributed by atoms with Crippen LogP contribution in [0.25, 0.3) is 0 Å². The van der Waals surface area contributed by atoms with Crippen molar-refractivity contribution in [2.24, 2.45) is 0 Å². The van der Waals surface area contributed by atoms with Gasteiger partial charge in [0.2, 0.25) is 0 Å². The highest BCUT2D eigenvalue weighted by Crippen LogP contribution is 2.16. The molecule has 0 N–H and O–H groups in total. The van der Waals surface area contributed by atoms with Crippen molar-refractivity contribution < 1.29 is 14.3 Å². The third-order valence-corrected chi connectivity index (χ3v) is 5.86. The highest BCUT2D eigenvalue weighted by atomic mass is 16.5. The molecule has 1 aromatic rings. The molecule has 0 unspecified atom stereocenters. The molecular weight excluding hydrogens is 384 g/mol. The predicted molar refractivity (Wildman–Crippen MR) is 132 cm³/mol. The van der Waals surface area contributed by atoms with Gasteiger partial charge in [0.05, 0.1) is 13.2 Å². The van der Waals surface area contributed by atoms with Crippen molar-refractivity contribution in [1.29, 1.82) is 0 Å². The first kappa shape index (κ1) is 27.5. The molecular formula is C28H48O3. The summed E-state index contributed by atoms with van der Waals surface area (Å²) in [6, 6.07) is 8.44. The van der Waals surface area contributed by atoms with Crippen LogP contribution in [-0.2, 0) is 16.0 Å². The number of carbonyl (C=O) groups is 1. The van der Waals surface area contributed by atoms with E-state index in [1.165, 1.54) is 96.0 Å². The van der Waals surface area contributed by atoms with Gasteiger partial charge in [-0.1, -0.05) is 103 Å². The molecule has 0 heterocycles. The zero-order valence-corrected chi connectivity index (χ0v) is 20.5. The number of rotatable bonds is 21. The van der Waals surface area contributed by atoms with Gasteiger partial charge in [0.1, 0.15) is 5.75 Å². The average Bonchev–Trinajstić information content (AvgIpc) is 2.77. The van der Waals surface area contributed by atoms with Gasteiger partial charge in [0, 0.05) is 6.92 Å². The first-order valence-electron chi connectivity index (χ1n) is 13.1. The molecule has 3 heteroatoms. The van der Waals surface area contributed by atoms with Gasteiger partial charge in [0.15, 0.2) is 0 Å². The van der Waals surface area contributed by atoms with E-state index >= 15 is 0 Å². The fourth-order valence-electron chi connectivity index (χ4n) is 3.89. The van der Waals surface area contributed by atoms with Gasteiger partial charge in [-0.05, 0) is 43.4 Å². The average molecular weight is 433 g/mol. The molecule has 0 aliphatic rings. The summed E-state index contributed by atoms with van der Waals surface area (Å²) in [4.78, 5) is 10.7. The molecule has 0 saturated heterocycles. The van der Waals surface area contributed by atoms with Crippen molar-refractivity contribution in [3.05, 3.63) is 29.8 Å². The Kier molecular flexibility index (Phi) is 18.1. The topological polar surface area (TPSA) is 35.5 Å². The summed E-state index contributed by atoms with van der Waals surface area (Å²) < 4.78 is 10.8. The largest absolute Gasteiger partial charge is 0.494 e. The lowest BCUT2D eigenvalue weighted by Crippen LogP contribution is -2.01. The molecule has 0 bridgehead atoms. The van der Waals surface area contributed by atoms with Gasteiger partial charge >= 0.3 is 5.97 Å². The SMILES string of the molecule is CCCCCCCCCCCCCCCCOc1ccc(CCCCOC(C)=O)cc1. The van der Waals surface area contributed by atoms with Crippen LogP contribution in [0, 0.1) is 0 Å². The highest BCUT2D eigenvalue weighted by molar-refractivity contribution is 5.65. The Hall–Kier alpha value is -1.51. The number of unbranched alkanes of at least 4 members (excludes halogenated alkanes) is 14. The second kappa shape index (κ2) is 20.4. The maximum atomic E-state index is 10.7. The van der Waals surface area contributed by atoms with E-state index in [-0.39, 0.29) is 5.97 Å². The Balaban J connectivity index is 1.87. The third kappa shape index (κ3) is 17.8. The summed E-state index contributed by atoms with van der Waals surface area (Å²) in [7, 11) is 0. The Labute approximate surface area is 192 Å². The van der Waals surface area contributed by atoms with Crippen LogP contribution in [0.1, 0.15) is 122 Å². The quantitative estimate of drug-likeness (QED) is 0.144. The second-order valence-electron chi connectivity index (χ2n) is 8.89. The maximum Gasteiger partial charge on any atom is 0.302 e. The van der Waals surface area contributed by atoms with Crippen molar-refractivity contribution in [2.75, 3.05) is 13.2 Å². The number of benzene rings is 1. The molecule has 1 aromatic carbocycles. The minimum Gasteiger partial charge on any atom is -0.494 e. The first-order valence-corrected chi connectivity index (χ1v) is 13.1. The Bertz CT molecular complexity index is 524. The van der Waals surface area contributed by atoms with E-state index < -0.39 is 0 Å². The van der Waals surface area contributed by atoms with Crippen molar-refractivity contribution in [1.82, 2.24) is 0 Å². The fraction of sp³-hybridized carbons (Fsp3) is 0.750. The molecule has 0 radical (unpaired) electrons. The standard InChI is InChI=1S/C28H48O3/c1-3-4-5-6-7-8-9-10-11-12-13-14-15-17-25-31-28-22-20-27(21-23-28)19-16-18-24-30-26(2)29/h20-23H,3-19,24-25H2,1-2H3. The zero-order chi connectivity index (χ0) is 22.4. The minimum absolute atomic E-state index is 0.194. The summed E-state index contributed by atoms with van der Waals surface area (Å²) in [5.41, 5.74) is 1.31. The van der Waals surface area contributed by atoms with Crippen molar-refractivity contribution >= 4 is 5.97 Å². The summed E-state index contributed by atoms with van der Waals surface area (Å²) in [6.07, 6.45) is 22.3. The molecule has 3 nitrogen and oxygen atoms in total. The monoisotopic (exact) mass is 432 g/mol. The number of hydrogen-bond donors (Lipinski definition) is 0. The van der Waals surface area contributed by atoms with E-state index in [9.17, 15) is 4.79 Å². The van der Waals surface area contributed by atoms with Gasteiger partial charge in [-0.2, -0.15) is 0 Å². The molecule has 0 amide bonds. The summed E-state index contributed by atoms with van der Waals surface area (Å²) >= 11 is 0. The normalized spacial score (nSPS) is 10.9. The molecule has 1 rings (SSSR count). The smallest absolute Gasteiger partial charge is 0.302 e. The lowest BCUT2D eigenvalue weighted by molar-refractivity contribution is -0.141. The highest BCUT2D eigenvalue weighted by Gasteiger charge is 1.99. The molecule has 0 aromatic heterocycles. The van der Waals surface area contributed by atoms with E-state index in [1.807, 2.05) is 0 Å². The van der Waals surface area contributed by atoms with Crippen LogP contribution in [0.3, 0.4) is 0 Å². The molecule has 0 aliphatic heterocycles. The van der Waals surface area contributed by atoms with Crippen LogP contribution in [0.5, 0.6) is 5.75 Å². The summed E-state index contributed by atoms with van der Waals surface area (Å²) in [6.45, 7) is 5.08. The van der Waals surface area contributed by atoms with Gasteiger partial charge < -0.3 is 9.47 Å². The van der Waals surface area contributed by atoms with Crippen LogP contribution in [0.15, 0.2) is 24.3 Å². The molecule has 0 atom stereocenters. The molecule has 0 fully saturated rings. The molecule has 0 aliphatic carbocycles. The molecule has 178 valence electrons. The van der Waals surface area contributed by atoms with Gasteiger partial charge in [-0.25, -0.2) is 0 Å². The Morgan fingerprint density at radius 3 is 1.65 bits per heavy atom. The molecule has 0 spiro atoms. The van der Waals surface area contributed by atoms with E-state index in [1.54, 1.807) is 0 Å². The van der Waals surface area contributed by atoms with E-state index in [4.69, 9.17) is 9.47 Å².